The van der Waals surface area contributed by atoms with Gasteiger partial charge in [0.25, 0.3) is 0 Å². The van der Waals surface area contributed by atoms with Crippen LogP contribution in [0.2, 0.25) is 0 Å². The first-order valence-electron chi connectivity index (χ1n) is 5.81. The standard InChI is InChI=1S/C13H17N3O3/c1-9-5-10(2)12(11(6-9)16(17)18)19-8-13(3,7-14)15-4/h5-6,15H,8H2,1-4H3. The normalized spacial score (nSPS) is 13.4. The van der Waals surface area contributed by atoms with E-state index < -0.39 is 10.5 Å². The number of nitrogens with one attached hydrogen (secondary N) is 1. The Morgan fingerprint density at radius 2 is 2.16 bits per heavy atom. The molecule has 0 spiro atoms. The largest absolute Gasteiger partial charge is 0.484 e. The third-order valence-electron chi connectivity index (χ3n) is 2.90. The molecule has 0 heterocycles. The monoisotopic (exact) mass is 263 g/mol. The van der Waals surface area contributed by atoms with Gasteiger partial charge in [0.2, 0.25) is 0 Å². The maximum Gasteiger partial charge on any atom is 0.311 e. The third kappa shape index (κ3) is 3.42. The zero-order valence-electron chi connectivity index (χ0n) is 11.5. The number of nitro groups is 1. The van der Waals surface area contributed by atoms with Crippen LogP contribution in [0, 0.1) is 35.3 Å². The number of nitro benzene ring substituents is 1. The van der Waals surface area contributed by atoms with Crippen molar-refractivity contribution in [2.45, 2.75) is 26.3 Å². The summed E-state index contributed by atoms with van der Waals surface area (Å²) >= 11 is 0. The maximum absolute atomic E-state index is 11.0. The van der Waals surface area contributed by atoms with Gasteiger partial charge in [-0.25, -0.2) is 0 Å². The Morgan fingerprint density at radius 1 is 1.53 bits per heavy atom. The van der Waals surface area contributed by atoms with E-state index >= 15 is 0 Å². The molecule has 0 saturated heterocycles. The van der Waals surface area contributed by atoms with Gasteiger partial charge in [0, 0.05) is 6.07 Å². The van der Waals surface area contributed by atoms with Crippen LogP contribution in [0.3, 0.4) is 0 Å². The summed E-state index contributed by atoms with van der Waals surface area (Å²) in [5.74, 6) is 0.215. The molecule has 0 bridgehead atoms. The maximum atomic E-state index is 11.0. The van der Waals surface area contributed by atoms with Gasteiger partial charge in [-0.15, -0.1) is 0 Å². The van der Waals surface area contributed by atoms with Crippen LogP contribution in [-0.2, 0) is 0 Å². The van der Waals surface area contributed by atoms with Crippen LogP contribution in [-0.4, -0.2) is 24.1 Å². The van der Waals surface area contributed by atoms with Gasteiger partial charge in [-0.2, -0.15) is 5.26 Å². The van der Waals surface area contributed by atoms with Crippen LogP contribution in [0.5, 0.6) is 5.75 Å². The number of ether oxygens (including phenoxy) is 1. The highest BCUT2D eigenvalue weighted by Gasteiger charge is 2.25. The zero-order valence-corrected chi connectivity index (χ0v) is 11.5. The summed E-state index contributed by atoms with van der Waals surface area (Å²) in [5, 5.41) is 22.9. The van der Waals surface area contributed by atoms with Gasteiger partial charge in [-0.3, -0.25) is 15.4 Å². The van der Waals surface area contributed by atoms with Crippen molar-refractivity contribution < 1.29 is 9.66 Å². The lowest BCUT2D eigenvalue weighted by atomic mass is 10.1. The fourth-order valence-corrected chi connectivity index (χ4v) is 1.63. The molecule has 102 valence electrons. The summed E-state index contributed by atoms with van der Waals surface area (Å²) in [6.07, 6.45) is 0. The fraction of sp³-hybridized carbons (Fsp3) is 0.462. The Balaban J connectivity index is 3.08. The second-order valence-electron chi connectivity index (χ2n) is 4.67. The van der Waals surface area contributed by atoms with Gasteiger partial charge in [0.05, 0.1) is 11.0 Å². The molecule has 0 aliphatic rings. The molecule has 1 aromatic rings. The van der Waals surface area contributed by atoms with Crippen molar-refractivity contribution in [3.05, 3.63) is 33.4 Å². The molecule has 1 N–H and O–H groups in total. The van der Waals surface area contributed by atoms with Crippen LogP contribution in [0.15, 0.2) is 12.1 Å². The fourth-order valence-electron chi connectivity index (χ4n) is 1.63. The lowest BCUT2D eigenvalue weighted by Gasteiger charge is -2.21. The molecular weight excluding hydrogens is 246 g/mol. The second-order valence-corrected chi connectivity index (χ2v) is 4.67. The first kappa shape index (κ1) is 14.9. The lowest BCUT2D eigenvalue weighted by Crippen LogP contribution is -2.43. The zero-order chi connectivity index (χ0) is 14.6. The summed E-state index contributed by atoms with van der Waals surface area (Å²) in [6.45, 7) is 5.24. The lowest BCUT2D eigenvalue weighted by molar-refractivity contribution is -0.386. The first-order valence-corrected chi connectivity index (χ1v) is 5.81. The molecule has 1 aromatic carbocycles. The van der Waals surface area contributed by atoms with E-state index in [1.165, 1.54) is 6.07 Å². The molecule has 0 aliphatic heterocycles. The number of nitrogens with zero attached hydrogens (tertiary/aromatic N) is 2. The highest BCUT2D eigenvalue weighted by Crippen LogP contribution is 2.32. The van der Waals surface area contributed by atoms with Crippen molar-refractivity contribution >= 4 is 5.69 Å². The molecule has 1 unspecified atom stereocenters. The minimum Gasteiger partial charge on any atom is -0.484 e. The second kappa shape index (κ2) is 5.67. The molecule has 0 saturated carbocycles. The van der Waals surface area contributed by atoms with E-state index in [2.05, 4.69) is 11.4 Å². The molecule has 1 rings (SSSR count). The number of likely N-dealkylation sites (N-methyl/N-ethyl adjacent to an activating group) is 1. The van der Waals surface area contributed by atoms with Crippen molar-refractivity contribution in [2.24, 2.45) is 0 Å². The van der Waals surface area contributed by atoms with Crippen molar-refractivity contribution in [3.8, 4) is 11.8 Å². The highest BCUT2D eigenvalue weighted by atomic mass is 16.6. The van der Waals surface area contributed by atoms with Gasteiger partial charge >= 0.3 is 5.69 Å². The van der Waals surface area contributed by atoms with Crippen LogP contribution in [0.1, 0.15) is 18.1 Å². The number of hydrogen-bond donors (Lipinski definition) is 1. The molecule has 0 aromatic heterocycles. The van der Waals surface area contributed by atoms with Crippen molar-refractivity contribution in [2.75, 3.05) is 13.7 Å². The summed E-state index contributed by atoms with van der Waals surface area (Å²) in [6, 6.07) is 5.35. The molecule has 6 nitrogen and oxygen atoms in total. The minimum absolute atomic E-state index is 0.0325. The topological polar surface area (TPSA) is 88.2 Å². The summed E-state index contributed by atoms with van der Waals surface area (Å²) in [7, 11) is 1.64. The third-order valence-corrected chi connectivity index (χ3v) is 2.90. The quantitative estimate of drug-likeness (QED) is 0.649. The van der Waals surface area contributed by atoms with Gasteiger partial charge in [0.15, 0.2) is 5.75 Å². The van der Waals surface area contributed by atoms with Crippen molar-refractivity contribution in [1.82, 2.24) is 5.32 Å². The Hall–Kier alpha value is -2.13. The predicted octanol–water partition coefficient (Wildman–Crippen LogP) is 2.09. The van der Waals surface area contributed by atoms with Crippen molar-refractivity contribution in [3.63, 3.8) is 0 Å². The molecular formula is C13H17N3O3. The van der Waals surface area contributed by atoms with E-state index in [1.54, 1.807) is 27.8 Å². The van der Waals surface area contributed by atoms with Crippen LogP contribution < -0.4 is 10.1 Å². The summed E-state index contributed by atoms with van der Waals surface area (Å²) < 4.78 is 5.50. The predicted molar refractivity (Wildman–Crippen MR) is 71.1 cm³/mol. The molecule has 0 radical (unpaired) electrons. The Labute approximate surface area is 112 Å². The number of rotatable bonds is 5. The molecule has 19 heavy (non-hydrogen) atoms. The number of hydrogen-bond acceptors (Lipinski definition) is 5. The van der Waals surface area contributed by atoms with E-state index in [-0.39, 0.29) is 18.0 Å². The van der Waals surface area contributed by atoms with E-state index in [9.17, 15) is 10.1 Å². The van der Waals surface area contributed by atoms with Crippen LogP contribution in [0.25, 0.3) is 0 Å². The Kier molecular flexibility index (Phi) is 4.46. The van der Waals surface area contributed by atoms with E-state index in [4.69, 9.17) is 10.00 Å². The number of nitriles is 1. The van der Waals surface area contributed by atoms with Crippen LogP contribution in [0.4, 0.5) is 5.69 Å². The molecule has 6 heteroatoms. The van der Waals surface area contributed by atoms with Gasteiger partial charge < -0.3 is 4.74 Å². The average molecular weight is 263 g/mol. The average Bonchev–Trinajstić information content (AvgIpc) is 2.36. The Bertz CT molecular complexity index is 537. The minimum atomic E-state index is -0.884. The van der Waals surface area contributed by atoms with E-state index in [0.29, 0.717) is 5.56 Å². The first-order chi connectivity index (χ1) is 8.83. The summed E-state index contributed by atoms with van der Waals surface area (Å²) in [4.78, 5) is 10.6. The van der Waals surface area contributed by atoms with Gasteiger partial charge in [-0.05, 0) is 38.9 Å². The molecule has 1 atom stereocenters. The molecule has 0 aliphatic carbocycles. The SMILES string of the molecule is CNC(C)(C#N)COc1c(C)cc(C)cc1[N+](=O)[O-]. The smallest absolute Gasteiger partial charge is 0.311 e. The molecule has 0 fully saturated rings. The Morgan fingerprint density at radius 3 is 2.63 bits per heavy atom. The molecule has 0 amide bonds. The van der Waals surface area contributed by atoms with Gasteiger partial charge in [-0.1, -0.05) is 6.07 Å². The van der Waals surface area contributed by atoms with Crippen molar-refractivity contribution in [1.29, 1.82) is 5.26 Å². The number of benzene rings is 1. The highest BCUT2D eigenvalue weighted by molar-refractivity contribution is 5.53. The number of aryl methyl sites for hydroxylation is 2. The van der Waals surface area contributed by atoms with Gasteiger partial charge in [0.1, 0.15) is 12.1 Å². The summed E-state index contributed by atoms with van der Waals surface area (Å²) in [5.41, 5.74) is 0.524. The van der Waals surface area contributed by atoms with Crippen LogP contribution >= 0.6 is 0 Å². The van der Waals surface area contributed by atoms with E-state index in [1.807, 2.05) is 6.07 Å². The van der Waals surface area contributed by atoms with E-state index in [0.717, 1.165) is 5.56 Å².